The molecule has 5 fully saturated rings. The molecule has 0 unspecified atom stereocenters. The second-order valence-electron chi connectivity index (χ2n) is 15.2. The average molecular weight is 529 g/mol. The van der Waals surface area contributed by atoms with Gasteiger partial charge in [0.1, 0.15) is 6.10 Å². The molecule has 5 rings (SSSR count). The molecule has 0 aliphatic heterocycles. The van der Waals surface area contributed by atoms with E-state index in [0.29, 0.717) is 23.7 Å². The standard InChI is InChI=1S/C33H52O5/c1-20(2)22-11-16-32(28(36)37-8)17-18-33(19-34)23(27(22)32)9-10-25-30(6)14-13-26(38-21(3)35)29(4,5)24(30)12-15-31(25,33)7/h22-27,34H,1,9-19H2,2-8H3/t22-,23+,24+,25+,26+,27-,30-,31+,32-,33-/m0/s1. The number of aliphatic hydroxyl groups excluding tert-OH is 1. The van der Waals surface area contributed by atoms with Crippen molar-refractivity contribution in [2.24, 2.45) is 56.7 Å². The Labute approximate surface area is 230 Å². The number of aliphatic hydroxyl groups is 1. The van der Waals surface area contributed by atoms with Gasteiger partial charge in [-0.25, -0.2) is 0 Å². The van der Waals surface area contributed by atoms with Gasteiger partial charge in [0.05, 0.1) is 12.5 Å². The third-order valence-electron chi connectivity index (χ3n) is 13.8. The van der Waals surface area contributed by atoms with Crippen LogP contribution < -0.4 is 0 Å². The molecule has 0 saturated heterocycles. The summed E-state index contributed by atoms with van der Waals surface area (Å²) >= 11 is 0. The number of methoxy groups -OCH3 is 1. The highest BCUT2D eigenvalue weighted by Gasteiger charge is 2.73. The van der Waals surface area contributed by atoms with Gasteiger partial charge in [0.25, 0.3) is 0 Å². The SMILES string of the molecule is C=C(C)[C@@H]1CC[C@]2(C(=O)OC)CC[C@]3(CO)[C@H](CC[C@@H]4[C@@]5(C)CC[C@@H](OC(C)=O)C(C)(C)[C@H]5CC[C@]43C)[C@H]12. The Bertz CT molecular complexity index is 1000. The van der Waals surface area contributed by atoms with Crippen molar-refractivity contribution in [3.05, 3.63) is 12.2 Å². The van der Waals surface area contributed by atoms with Crippen molar-refractivity contribution in [1.29, 1.82) is 0 Å². The molecular formula is C33H52O5. The van der Waals surface area contributed by atoms with Gasteiger partial charge in [-0.3, -0.25) is 9.59 Å². The maximum absolute atomic E-state index is 13.4. The third-order valence-corrected chi connectivity index (χ3v) is 13.8. The van der Waals surface area contributed by atoms with Crippen molar-refractivity contribution in [2.75, 3.05) is 13.7 Å². The summed E-state index contributed by atoms with van der Waals surface area (Å²) in [4.78, 5) is 25.4. The summed E-state index contributed by atoms with van der Waals surface area (Å²) in [5.41, 5.74) is 0.623. The van der Waals surface area contributed by atoms with Crippen LogP contribution in [0, 0.1) is 56.7 Å². The highest BCUT2D eigenvalue weighted by molar-refractivity contribution is 5.78. The molecule has 5 aliphatic rings. The van der Waals surface area contributed by atoms with Gasteiger partial charge in [-0.1, -0.05) is 39.8 Å². The predicted octanol–water partition coefficient (Wildman–Crippen LogP) is 6.72. The highest BCUT2D eigenvalue weighted by atomic mass is 16.5. The van der Waals surface area contributed by atoms with Crippen LogP contribution in [0.2, 0.25) is 0 Å². The zero-order chi connectivity index (χ0) is 27.9. The van der Waals surface area contributed by atoms with E-state index in [1.165, 1.54) is 12.5 Å². The first-order valence-corrected chi connectivity index (χ1v) is 15.3. The molecule has 0 aromatic heterocycles. The second-order valence-corrected chi connectivity index (χ2v) is 15.2. The van der Waals surface area contributed by atoms with Crippen molar-refractivity contribution in [1.82, 2.24) is 0 Å². The van der Waals surface area contributed by atoms with Crippen LogP contribution in [-0.4, -0.2) is 36.9 Å². The van der Waals surface area contributed by atoms with Gasteiger partial charge < -0.3 is 14.6 Å². The van der Waals surface area contributed by atoms with Crippen LogP contribution in [0.15, 0.2) is 12.2 Å². The van der Waals surface area contributed by atoms with Crippen molar-refractivity contribution in [3.63, 3.8) is 0 Å². The van der Waals surface area contributed by atoms with Gasteiger partial charge in [-0.15, -0.1) is 0 Å². The Morgan fingerprint density at radius 2 is 1.61 bits per heavy atom. The predicted molar refractivity (Wildman–Crippen MR) is 148 cm³/mol. The molecule has 5 aliphatic carbocycles. The molecular weight excluding hydrogens is 476 g/mol. The molecule has 5 nitrogen and oxygen atoms in total. The van der Waals surface area contributed by atoms with E-state index in [-0.39, 0.29) is 52.2 Å². The van der Waals surface area contributed by atoms with E-state index >= 15 is 0 Å². The van der Waals surface area contributed by atoms with Crippen LogP contribution >= 0.6 is 0 Å². The van der Waals surface area contributed by atoms with E-state index in [1.54, 1.807) is 7.11 Å². The van der Waals surface area contributed by atoms with Crippen molar-refractivity contribution in [2.45, 2.75) is 112 Å². The van der Waals surface area contributed by atoms with Gasteiger partial charge >= 0.3 is 11.9 Å². The minimum atomic E-state index is -0.434. The lowest BCUT2D eigenvalue weighted by Crippen LogP contribution is -2.68. The molecule has 0 aromatic rings. The molecule has 5 heteroatoms. The van der Waals surface area contributed by atoms with E-state index < -0.39 is 5.41 Å². The van der Waals surface area contributed by atoms with E-state index in [2.05, 4.69) is 41.2 Å². The summed E-state index contributed by atoms with van der Waals surface area (Å²) in [6.45, 7) is 17.9. The van der Waals surface area contributed by atoms with Crippen LogP contribution in [0.1, 0.15) is 106 Å². The number of allylic oxidation sites excluding steroid dienone is 1. The van der Waals surface area contributed by atoms with Crippen LogP contribution in [0.5, 0.6) is 0 Å². The highest BCUT2D eigenvalue weighted by Crippen LogP contribution is 2.77. The first-order valence-electron chi connectivity index (χ1n) is 15.3. The van der Waals surface area contributed by atoms with E-state index in [1.807, 2.05) is 0 Å². The van der Waals surface area contributed by atoms with Crippen LogP contribution in [0.4, 0.5) is 0 Å². The first-order chi connectivity index (χ1) is 17.7. The van der Waals surface area contributed by atoms with E-state index in [4.69, 9.17) is 9.47 Å². The fourth-order valence-corrected chi connectivity index (χ4v) is 12.2. The number of hydrogen-bond acceptors (Lipinski definition) is 5. The van der Waals surface area contributed by atoms with Gasteiger partial charge in [-0.2, -0.15) is 0 Å². The lowest BCUT2D eigenvalue weighted by molar-refractivity contribution is -0.263. The number of rotatable bonds is 4. The largest absolute Gasteiger partial charge is 0.469 e. The summed E-state index contributed by atoms with van der Waals surface area (Å²) in [7, 11) is 1.55. The molecule has 0 radical (unpaired) electrons. The van der Waals surface area contributed by atoms with Crippen LogP contribution in [0.25, 0.3) is 0 Å². The van der Waals surface area contributed by atoms with Gasteiger partial charge in [0.15, 0.2) is 0 Å². The second kappa shape index (κ2) is 9.08. The molecule has 214 valence electrons. The number of fused-ring (bicyclic) bond motifs is 7. The van der Waals surface area contributed by atoms with Gasteiger partial charge in [0.2, 0.25) is 0 Å². The summed E-state index contributed by atoms with van der Waals surface area (Å²) in [5, 5.41) is 11.4. The molecule has 0 heterocycles. The van der Waals surface area contributed by atoms with Crippen molar-refractivity contribution >= 4 is 11.9 Å². The van der Waals surface area contributed by atoms with Crippen LogP contribution in [-0.2, 0) is 19.1 Å². The Morgan fingerprint density at radius 1 is 0.895 bits per heavy atom. The molecule has 10 atom stereocenters. The summed E-state index contributed by atoms with van der Waals surface area (Å²) in [5.74, 6) is 1.59. The Morgan fingerprint density at radius 3 is 2.21 bits per heavy atom. The summed E-state index contributed by atoms with van der Waals surface area (Å²) in [6.07, 6.45) is 9.91. The Hall–Kier alpha value is -1.36. The first kappa shape index (κ1) is 28.2. The Kier molecular flexibility index (Phi) is 6.73. The minimum absolute atomic E-state index is 0.00472. The molecule has 0 amide bonds. The maximum atomic E-state index is 13.4. The lowest BCUT2D eigenvalue weighted by atomic mass is 9.32. The fraction of sp³-hybridized carbons (Fsp3) is 0.879. The monoisotopic (exact) mass is 528 g/mol. The molecule has 38 heavy (non-hydrogen) atoms. The molecule has 1 N–H and O–H groups in total. The van der Waals surface area contributed by atoms with E-state index in [9.17, 15) is 14.7 Å². The number of ether oxygens (including phenoxy) is 2. The van der Waals surface area contributed by atoms with E-state index in [0.717, 1.165) is 64.2 Å². The summed E-state index contributed by atoms with van der Waals surface area (Å²) < 4.78 is 11.4. The fourth-order valence-electron chi connectivity index (χ4n) is 12.2. The van der Waals surface area contributed by atoms with Gasteiger partial charge in [0, 0.05) is 24.4 Å². The topological polar surface area (TPSA) is 72.8 Å². The number of carbonyl (C=O) groups is 2. The number of esters is 2. The molecule has 0 bridgehead atoms. The Balaban J connectivity index is 1.55. The van der Waals surface area contributed by atoms with Gasteiger partial charge in [-0.05, 0) is 112 Å². The maximum Gasteiger partial charge on any atom is 0.312 e. The summed E-state index contributed by atoms with van der Waals surface area (Å²) in [6, 6.07) is 0. The molecule has 0 aromatic carbocycles. The quantitative estimate of drug-likeness (QED) is 0.324. The number of carbonyl (C=O) groups excluding carboxylic acids is 2. The third kappa shape index (κ3) is 3.45. The molecule has 5 saturated carbocycles. The van der Waals surface area contributed by atoms with Crippen LogP contribution in [0.3, 0.4) is 0 Å². The lowest BCUT2D eigenvalue weighted by Gasteiger charge is -2.73. The van der Waals surface area contributed by atoms with Crippen molar-refractivity contribution < 1.29 is 24.2 Å². The molecule has 0 spiro atoms. The zero-order valence-electron chi connectivity index (χ0n) is 25.0. The smallest absolute Gasteiger partial charge is 0.312 e. The normalized spacial score (nSPS) is 49.1. The number of hydrogen-bond donors (Lipinski definition) is 1. The van der Waals surface area contributed by atoms with Crippen molar-refractivity contribution in [3.8, 4) is 0 Å². The zero-order valence-corrected chi connectivity index (χ0v) is 25.0. The minimum Gasteiger partial charge on any atom is -0.469 e. The average Bonchev–Trinajstić information content (AvgIpc) is 3.26.